The van der Waals surface area contributed by atoms with E-state index in [2.05, 4.69) is 28.4 Å². The number of hydrogen-bond acceptors (Lipinski definition) is 4. The molecule has 2 fully saturated rings. The van der Waals surface area contributed by atoms with Crippen LogP contribution in [0.1, 0.15) is 42.5 Å². The number of carbonyl (C=O) groups is 1. The van der Waals surface area contributed by atoms with Crippen molar-refractivity contribution in [3.8, 4) is 0 Å². The third-order valence-corrected chi connectivity index (χ3v) is 6.05. The Hall–Kier alpha value is -2.40. The molecule has 1 aromatic carbocycles. The molecule has 28 heavy (non-hydrogen) atoms. The van der Waals surface area contributed by atoms with Gasteiger partial charge in [0.25, 0.3) is 0 Å². The molecule has 2 aliphatic heterocycles. The van der Waals surface area contributed by atoms with E-state index in [1.54, 1.807) is 0 Å². The van der Waals surface area contributed by atoms with Crippen molar-refractivity contribution in [3.05, 3.63) is 59.3 Å². The number of aryl methyl sites for hydroxylation is 1. The number of amides is 1. The normalized spacial score (nSPS) is 18.8. The summed E-state index contributed by atoms with van der Waals surface area (Å²) in [4.78, 5) is 20.5. The van der Waals surface area contributed by atoms with Gasteiger partial charge in [-0.1, -0.05) is 36.4 Å². The van der Waals surface area contributed by atoms with Crippen molar-refractivity contribution in [1.82, 2.24) is 10.3 Å². The Morgan fingerprint density at radius 1 is 1.11 bits per heavy atom. The molecule has 4 rings (SSSR count). The van der Waals surface area contributed by atoms with E-state index in [0.29, 0.717) is 32.6 Å². The number of hydrogen-bond donors (Lipinski definition) is 1. The molecule has 0 bridgehead atoms. The Morgan fingerprint density at radius 3 is 2.54 bits per heavy atom. The van der Waals surface area contributed by atoms with E-state index in [1.165, 1.54) is 12.8 Å². The Balaban J connectivity index is 1.55. The fraction of sp³-hybridized carbons (Fsp3) is 0.478. The molecule has 0 atom stereocenters. The first-order chi connectivity index (χ1) is 13.7. The maximum atomic E-state index is 13.4. The summed E-state index contributed by atoms with van der Waals surface area (Å²) in [7, 11) is 0. The van der Waals surface area contributed by atoms with Gasteiger partial charge in [-0.2, -0.15) is 0 Å². The predicted molar refractivity (Wildman–Crippen MR) is 110 cm³/mol. The van der Waals surface area contributed by atoms with Gasteiger partial charge in [0.15, 0.2) is 0 Å². The molecule has 0 aliphatic carbocycles. The lowest BCUT2D eigenvalue weighted by Gasteiger charge is -2.36. The van der Waals surface area contributed by atoms with E-state index in [-0.39, 0.29) is 5.91 Å². The van der Waals surface area contributed by atoms with Crippen LogP contribution >= 0.6 is 0 Å². The molecule has 3 heterocycles. The van der Waals surface area contributed by atoms with Gasteiger partial charge in [-0.15, -0.1) is 0 Å². The van der Waals surface area contributed by atoms with Gasteiger partial charge in [0.2, 0.25) is 5.91 Å². The summed E-state index contributed by atoms with van der Waals surface area (Å²) in [6, 6.07) is 14.3. The van der Waals surface area contributed by atoms with Gasteiger partial charge >= 0.3 is 0 Å². The standard InChI is InChI=1S/C23H29N3O2/c1-18-9-10-19(21(25-18)26-13-5-6-14-26)17-24-22(27)23(11-15-28-16-12-23)20-7-3-2-4-8-20/h2-4,7-10H,5-6,11-17H2,1H3,(H,24,27). The molecule has 0 unspecified atom stereocenters. The molecule has 0 saturated carbocycles. The molecule has 1 aromatic heterocycles. The second-order valence-electron chi connectivity index (χ2n) is 7.87. The van der Waals surface area contributed by atoms with Crippen LogP contribution in [-0.2, 0) is 21.5 Å². The number of rotatable bonds is 5. The van der Waals surface area contributed by atoms with Gasteiger partial charge < -0.3 is 15.0 Å². The summed E-state index contributed by atoms with van der Waals surface area (Å²) in [5.41, 5.74) is 2.68. The fourth-order valence-electron chi connectivity index (χ4n) is 4.38. The number of nitrogens with one attached hydrogen (secondary N) is 1. The third-order valence-electron chi connectivity index (χ3n) is 6.05. The molecular weight excluding hydrogens is 350 g/mol. The van der Waals surface area contributed by atoms with Crippen LogP contribution in [0, 0.1) is 6.92 Å². The van der Waals surface area contributed by atoms with E-state index in [1.807, 2.05) is 31.2 Å². The molecule has 5 heteroatoms. The third kappa shape index (κ3) is 3.76. The predicted octanol–water partition coefficient (Wildman–Crippen LogP) is 3.35. The molecule has 5 nitrogen and oxygen atoms in total. The molecule has 1 amide bonds. The van der Waals surface area contributed by atoms with E-state index in [0.717, 1.165) is 35.7 Å². The number of aromatic nitrogens is 1. The van der Waals surface area contributed by atoms with Crippen molar-refractivity contribution >= 4 is 11.7 Å². The molecule has 1 N–H and O–H groups in total. The molecule has 2 saturated heterocycles. The van der Waals surface area contributed by atoms with Crippen molar-refractivity contribution in [3.63, 3.8) is 0 Å². The second-order valence-corrected chi connectivity index (χ2v) is 7.87. The van der Waals surface area contributed by atoms with Crippen molar-refractivity contribution in [2.75, 3.05) is 31.2 Å². The monoisotopic (exact) mass is 379 g/mol. The van der Waals surface area contributed by atoms with Crippen LogP contribution in [0.25, 0.3) is 0 Å². The highest BCUT2D eigenvalue weighted by atomic mass is 16.5. The SMILES string of the molecule is Cc1ccc(CNC(=O)C2(c3ccccc3)CCOCC2)c(N2CCCC2)n1. The van der Waals surface area contributed by atoms with E-state index in [4.69, 9.17) is 9.72 Å². The Bertz CT molecular complexity index is 810. The fourth-order valence-corrected chi connectivity index (χ4v) is 4.38. The molecule has 2 aromatic rings. The lowest BCUT2D eigenvalue weighted by Crippen LogP contribution is -2.47. The zero-order valence-electron chi connectivity index (χ0n) is 16.6. The molecule has 2 aliphatic rings. The Morgan fingerprint density at radius 2 is 1.82 bits per heavy atom. The highest BCUT2D eigenvalue weighted by Crippen LogP contribution is 2.35. The van der Waals surface area contributed by atoms with E-state index < -0.39 is 5.41 Å². The second kappa shape index (κ2) is 8.31. The zero-order valence-corrected chi connectivity index (χ0v) is 16.6. The largest absolute Gasteiger partial charge is 0.381 e. The first-order valence-electron chi connectivity index (χ1n) is 10.3. The smallest absolute Gasteiger partial charge is 0.231 e. The summed E-state index contributed by atoms with van der Waals surface area (Å²) in [6.07, 6.45) is 3.85. The summed E-state index contributed by atoms with van der Waals surface area (Å²) in [6.45, 7) is 5.86. The van der Waals surface area contributed by atoms with Gasteiger partial charge in [-0.05, 0) is 44.2 Å². The summed E-state index contributed by atoms with van der Waals surface area (Å²) in [5, 5.41) is 3.23. The Kier molecular flexibility index (Phi) is 5.62. The van der Waals surface area contributed by atoms with Gasteiger partial charge in [0, 0.05) is 44.1 Å². The maximum Gasteiger partial charge on any atom is 0.231 e. The highest BCUT2D eigenvalue weighted by molar-refractivity contribution is 5.88. The summed E-state index contributed by atoms with van der Waals surface area (Å²) in [5.74, 6) is 1.12. The minimum Gasteiger partial charge on any atom is -0.381 e. The number of anilines is 1. The number of nitrogens with zero attached hydrogens (tertiary/aromatic N) is 2. The molecule has 0 spiro atoms. The van der Waals surface area contributed by atoms with E-state index >= 15 is 0 Å². The van der Waals surface area contributed by atoms with Gasteiger partial charge in [0.05, 0.1) is 5.41 Å². The van der Waals surface area contributed by atoms with Gasteiger partial charge in [-0.3, -0.25) is 4.79 Å². The maximum absolute atomic E-state index is 13.4. The minimum atomic E-state index is -0.508. The van der Waals surface area contributed by atoms with Crippen molar-refractivity contribution < 1.29 is 9.53 Å². The van der Waals surface area contributed by atoms with E-state index in [9.17, 15) is 4.79 Å². The van der Waals surface area contributed by atoms with Crippen molar-refractivity contribution in [2.45, 2.75) is 44.6 Å². The molecule has 0 radical (unpaired) electrons. The van der Waals surface area contributed by atoms with Crippen molar-refractivity contribution in [1.29, 1.82) is 0 Å². The average Bonchev–Trinajstić information content (AvgIpc) is 3.28. The van der Waals surface area contributed by atoms with Gasteiger partial charge in [-0.25, -0.2) is 4.98 Å². The van der Waals surface area contributed by atoms with Crippen LogP contribution in [0.2, 0.25) is 0 Å². The number of pyridine rings is 1. The first kappa shape index (κ1) is 18.9. The zero-order chi connectivity index (χ0) is 19.4. The average molecular weight is 380 g/mol. The minimum absolute atomic E-state index is 0.0925. The number of benzene rings is 1. The van der Waals surface area contributed by atoms with Crippen LogP contribution in [0.15, 0.2) is 42.5 Å². The topological polar surface area (TPSA) is 54.5 Å². The Labute approximate surface area is 167 Å². The number of carbonyl (C=O) groups excluding carboxylic acids is 1. The van der Waals surface area contributed by atoms with Crippen LogP contribution in [-0.4, -0.2) is 37.2 Å². The lowest BCUT2D eigenvalue weighted by molar-refractivity contribution is -0.130. The van der Waals surface area contributed by atoms with Crippen LogP contribution in [0.3, 0.4) is 0 Å². The summed E-state index contributed by atoms with van der Waals surface area (Å²) < 4.78 is 5.56. The lowest BCUT2D eigenvalue weighted by atomic mass is 9.73. The summed E-state index contributed by atoms with van der Waals surface area (Å²) >= 11 is 0. The van der Waals surface area contributed by atoms with Crippen LogP contribution in [0.5, 0.6) is 0 Å². The first-order valence-corrected chi connectivity index (χ1v) is 10.3. The molecule has 148 valence electrons. The van der Waals surface area contributed by atoms with Crippen molar-refractivity contribution in [2.24, 2.45) is 0 Å². The highest BCUT2D eigenvalue weighted by Gasteiger charge is 2.41. The molecular formula is C23H29N3O2. The number of ether oxygens (including phenoxy) is 1. The van der Waals surface area contributed by atoms with Crippen LogP contribution in [0.4, 0.5) is 5.82 Å². The van der Waals surface area contributed by atoms with Crippen LogP contribution < -0.4 is 10.2 Å². The van der Waals surface area contributed by atoms with Gasteiger partial charge in [0.1, 0.15) is 5.82 Å². The quantitative estimate of drug-likeness (QED) is 0.866.